The molecule has 0 aliphatic carbocycles. The smallest absolute Gasteiger partial charge is 0.337 e. The molecule has 0 aromatic carbocycles. The Labute approximate surface area is 103 Å². The Morgan fingerprint density at radius 1 is 0.688 bits per heavy atom. The second kappa shape index (κ2) is 10.3. The van der Waals surface area contributed by atoms with E-state index >= 15 is 0 Å². The van der Waals surface area contributed by atoms with Crippen molar-refractivity contribution in [3.63, 3.8) is 0 Å². The van der Waals surface area contributed by atoms with Crippen LogP contribution in [0.3, 0.4) is 0 Å². The molecule has 0 heterocycles. The van der Waals surface area contributed by atoms with Crippen molar-refractivity contribution in [1.29, 1.82) is 0 Å². The lowest BCUT2D eigenvalue weighted by Crippen LogP contribution is -2.41. The van der Waals surface area contributed by atoms with Gasteiger partial charge >= 0.3 is 8.56 Å². The molecule has 0 unspecified atom stereocenters. The third-order valence-electron chi connectivity index (χ3n) is 3.05. The monoisotopic (exact) mass is 246 g/mol. The first-order valence-corrected chi connectivity index (χ1v) is 9.25. The van der Waals surface area contributed by atoms with E-state index < -0.39 is 8.56 Å². The van der Waals surface area contributed by atoms with Gasteiger partial charge in [-0.25, -0.2) is 0 Å². The summed E-state index contributed by atoms with van der Waals surface area (Å²) in [5.74, 6) is 0. The van der Waals surface area contributed by atoms with Crippen molar-refractivity contribution >= 4 is 8.56 Å². The number of rotatable bonds is 11. The fourth-order valence-corrected chi connectivity index (χ4v) is 4.15. The zero-order valence-corrected chi connectivity index (χ0v) is 12.7. The van der Waals surface area contributed by atoms with E-state index in [2.05, 4.69) is 27.7 Å². The molecule has 0 rings (SSSR count). The lowest BCUT2D eigenvalue weighted by atomic mass is 10.3. The van der Waals surface area contributed by atoms with Gasteiger partial charge < -0.3 is 8.85 Å². The molecule has 0 spiro atoms. The maximum atomic E-state index is 6.09. The third-order valence-corrected chi connectivity index (χ3v) is 6.67. The van der Waals surface area contributed by atoms with Crippen LogP contribution < -0.4 is 0 Å². The highest BCUT2D eigenvalue weighted by atomic mass is 28.4. The predicted octanol–water partition coefficient (Wildman–Crippen LogP) is 4.49. The summed E-state index contributed by atoms with van der Waals surface area (Å²) in [5.41, 5.74) is 0. The van der Waals surface area contributed by atoms with Crippen LogP contribution in [0.1, 0.15) is 59.8 Å². The van der Waals surface area contributed by atoms with Crippen molar-refractivity contribution < 1.29 is 8.85 Å². The van der Waals surface area contributed by atoms with E-state index in [4.69, 9.17) is 8.85 Å². The molecule has 0 atom stereocenters. The number of unbranched alkanes of at least 4 members (excludes halogenated alkanes) is 3. The SMILES string of the molecule is CCCCCO[Si](CC)(CC)OCCCC. The largest absolute Gasteiger partial charge is 0.394 e. The number of hydrogen-bond acceptors (Lipinski definition) is 2. The van der Waals surface area contributed by atoms with Gasteiger partial charge in [0, 0.05) is 13.2 Å². The molecule has 0 N–H and O–H groups in total. The van der Waals surface area contributed by atoms with E-state index in [-0.39, 0.29) is 0 Å². The van der Waals surface area contributed by atoms with E-state index in [0.29, 0.717) is 0 Å². The summed E-state index contributed by atoms with van der Waals surface area (Å²) in [7, 11) is -1.83. The summed E-state index contributed by atoms with van der Waals surface area (Å²) in [6.07, 6.45) is 6.07. The van der Waals surface area contributed by atoms with Crippen molar-refractivity contribution in [2.24, 2.45) is 0 Å². The first kappa shape index (κ1) is 16.1. The Balaban J connectivity index is 3.90. The molecular weight excluding hydrogens is 216 g/mol. The van der Waals surface area contributed by atoms with Crippen molar-refractivity contribution in [2.45, 2.75) is 71.9 Å². The molecule has 0 bridgehead atoms. The highest BCUT2D eigenvalue weighted by Gasteiger charge is 2.32. The van der Waals surface area contributed by atoms with Crippen LogP contribution in [0.25, 0.3) is 0 Å². The number of hydrogen-bond donors (Lipinski definition) is 0. The van der Waals surface area contributed by atoms with Crippen molar-refractivity contribution in [3.8, 4) is 0 Å². The summed E-state index contributed by atoms with van der Waals surface area (Å²) in [5, 5.41) is 0. The van der Waals surface area contributed by atoms with E-state index in [1.165, 1.54) is 25.7 Å². The minimum absolute atomic E-state index is 0.887. The van der Waals surface area contributed by atoms with Crippen LogP contribution >= 0.6 is 0 Å². The van der Waals surface area contributed by atoms with Crippen LogP contribution in [0, 0.1) is 0 Å². The Morgan fingerprint density at radius 3 is 1.62 bits per heavy atom. The summed E-state index contributed by atoms with van der Waals surface area (Å²) in [4.78, 5) is 0. The van der Waals surface area contributed by atoms with Gasteiger partial charge in [0.1, 0.15) is 0 Å². The Kier molecular flexibility index (Phi) is 10.4. The first-order valence-electron chi connectivity index (χ1n) is 7.02. The quantitative estimate of drug-likeness (QED) is 0.395. The van der Waals surface area contributed by atoms with Crippen molar-refractivity contribution in [2.75, 3.05) is 13.2 Å². The lowest BCUT2D eigenvalue weighted by Gasteiger charge is -2.28. The molecule has 3 heteroatoms. The molecular formula is C13H30O2Si. The van der Waals surface area contributed by atoms with Crippen LogP contribution in [0.15, 0.2) is 0 Å². The fraction of sp³-hybridized carbons (Fsp3) is 1.00. The minimum Gasteiger partial charge on any atom is -0.394 e. The van der Waals surface area contributed by atoms with Gasteiger partial charge in [-0.3, -0.25) is 0 Å². The molecule has 0 fully saturated rings. The zero-order chi connectivity index (χ0) is 12.3. The average molecular weight is 246 g/mol. The maximum Gasteiger partial charge on any atom is 0.337 e. The molecule has 0 aromatic heterocycles. The summed E-state index contributed by atoms with van der Waals surface area (Å²) < 4.78 is 12.2. The topological polar surface area (TPSA) is 18.5 Å². The van der Waals surface area contributed by atoms with Gasteiger partial charge in [0.2, 0.25) is 0 Å². The molecule has 0 radical (unpaired) electrons. The molecule has 0 aliphatic heterocycles. The second-order valence-electron chi connectivity index (χ2n) is 4.38. The minimum atomic E-state index is -1.83. The fourth-order valence-electron chi connectivity index (χ4n) is 1.71. The van der Waals surface area contributed by atoms with Crippen LogP contribution in [0.4, 0.5) is 0 Å². The summed E-state index contributed by atoms with van der Waals surface area (Å²) in [6.45, 7) is 10.6. The van der Waals surface area contributed by atoms with Gasteiger partial charge in [0.05, 0.1) is 0 Å². The average Bonchev–Trinajstić information content (AvgIpc) is 2.33. The van der Waals surface area contributed by atoms with E-state index in [1.54, 1.807) is 0 Å². The van der Waals surface area contributed by atoms with Gasteiger partial charge in [-0.15, -0.1) is 0 Å². The Morgan fingerprint density at radius 2 is 1.19 bits per heavy atom. The van der Waals surface area contributed by atoms with Crippen LogP contribution in [0.5, 0.6) is 0 Å². The standard InChI is InChI=1S/C13H30O2Si/c1-5-9-11-13-15-16(7-3,8-4)14-12-10-6-2/h5-13H2,1-4H3. The van der Waals surface area contributed by atoms with Gasteiger partial charge in [-0.05, 0) is 24.9 Å². The Bertz CT molecular complexity index is 147. The molecule has 98 valence electrons. The molecule has 0 saturated heterocycles. The second-order valence-corrected chi connectivity index (χ2v) is 8.19. The summed E-state index contributed by atoms with van der Waals surface area (Å²) >= 11 is 0. The van der Waals surface area contributed by atoms with Crippen molar-refractivity contribution in [3.05, 3.63) is 0 Å². The molecule has 0 aliphatic rings. The first-order chi connectivity index (χ1) is 7.74. The lowest BCUT2D eigenvalue weighted by molar-refractivity contribution is 0.164. The predicted molar refractivity (Wildman–Crippen MR) is 73.1 cm³/mol. The normalized spacial score (nSPS) is 12.0. The molecule has 2 nitrogen and oxygen atoms in total. The summed E-state index contributed by atoms with van der Waals surface area (Å²) in [6, 6.07) is 2.17. The van der Waals surface area contributed by atoms with Crippen LogP contribution in [0.2, 0.25) is 12.1 Å². The van der Waals surface area contributed by atoms with Gasteiger partial charge in [0.15, 0.2) is 0 Å². The molecule has 0 amide bonds. The van der Waals surface area contributed by atoms with E-state index in [1.807, 2.05) is 0 Å². The molecule has 0 saturated carbocycles. The van der Waals surface area contributed by atoms with E-state index in [0.717, 1.165) is 31.7 Å². The highest BCUT2D eigenvalue weighted by molar-refractivity contribution is 6.67. The molecule has 0 aromatic rings. The Hall–Kier alpha value is 0.137. The van der Waals surface area contributed by atoms with E-state index in [9.17, 15) is 0 Å². The van der Waals surface area contributed by atoms with Gasteiger partial charge in [-0.2, -0.15) is 0 Å². The van der Waals surface area contributed by atoms with Crippen molar-refractivity contribution in [1.82, 2.24) is 0 Å². The van der Waals surface area contributed by atoms with Crippen LogP contribution in [-0.4, -0.2) is 21.8 Å². The molecule has 16 heavy (non-hydrogen) atoms. The van der Waals surface area contributed by atoms with Gasteiger partial charge in [0.25, 0.3) is 0 Å². The zero-order valence-electron chi connectivity index (χ0n) is 11.7. The van der Waals surface area contributed by atoms with Gasteiger partial charge in [-0.1, -0.05) is 47.0 Å². The van der Waals surface area contributed by atoms with Crippen LogP contribution in [-0.2, 0) is 8.85 Å². The maximum absolute atomic E-state index is 6.09. The highest BCUT2D eigenvalue weighted by Crippen LogP contribution is 2.19. The third kappa shape index (κ3) is 6.66.